The summed E-state index contributed by atoms with van der Waals surface area (Å²) < 4.78 is 5.18. The van der Waals surface area contributed by atoms with E-state index >= 15 is 0 Å². The molecule has 0 atom stereocenters. The molecule has 0 bridgehead atoms. The van der Waals surface area contributed by atoms with E-state index in [1.165, 1.54) is 6.42 Å². The lowest BCUT2D eigenvalue weighted by Gasteiger charge is -2.30. The van der Waals surface area contributed by atoms with Crippen LogP contribution in [0, 0.1) is 0 Å². The van der Waals surface area contributed by atoms with Gasteiger partial charge in [-0.25, -0.2) is 4.79 Å². The molecule has 0 unspecified atom stereocenters. The number of carbonyl (C=O) groups excluding carboxylic acids is 1. The van der Waals surface area contributed by atoms with Crippen molar-refractivity contribution in [2.24, 2.45) is 0 Å². The van der Waals surface area contributed by atoms with Gasteiger partial charge in [0.25, 0.3) is 0 Å². The van der Waals surface area contributed by atoms with Crippen LogP contribution in [0.1, 0.15) is 19.3 Å². The Bertz CT molecular complexity index is 211. The second kappa shape index (κ2) is 5.32. The number of nitrogens with zero attached hydrogens (tertiary/aromatic N) is 2. The quantitative estimate of drug-likeness (QED) is 0.649. The lowest BCUT2D eigenvalue weighted by molar-refractivity contribution is -0.127. The van der Waals surface area contributed by atoms with Crippen LogP contribution in [0.3, 0.4) is 0 Å². The van der Waals surface area contributed by atoms with Crippen molar-refractivity contribution in [2.75, 3.05) is 39.4 Å². The van der Waals surface area contributed by atoms with Crippen molar-refractivity contribution >= 4 is 6.09 Å². The van der Waals surface area contributed by atoms with Crippen LogP contribution < -0.4 is 0 Å². The molecule has 2 saturated heterocycles. The fourth-order valence-electron chi connectivity index (χ4n) is 1.87. The average molecular weight is 214 g/mol. The van der Waals surface area contributed by atoms with E-state index in [0.29, 0.717) is 26.3 Å². The molecule has 0 aliphatic carbocycles. The summed E-state index contributed by atoms with van der Waals surface area (Å²) >= 11 is 0. The first-order chi connectivity index (χ1) is 7.36. The summed E-state index contributed by atoms with van der Waals surface area (Å²) in [5.74, 6) is 0. The lowest BCUT2D eigenvalue weighted by Crippen LogP contribution is -2.44. The maximum absolute atomic E-state index is 11.7. The van der Waals surface area contributed by atoms with Crippen molar-refractivity contribution in [3.05, 3.63) is 0 Å². The van der Waals surface area contributed by atoms with Gasteiger partial charge in [-0.1, -0.05) is 6.42 Å². The Balaban J connectivity index is 1.74. The van der Waals surface area contributed by atoms with Gasteiger partial charge in [-0.05, 0) is 12.8 Å². The van der Waals surface area contributed by atoms with Gasteiger partial charge >= 0.3 is 6.09 Å². The van der Waals surface area contributed by atoms with E-state index in [1.807, 2.05) is 0 Å². The van der Waals surface area contributed by atoms with Crippen LogP contribution in [0.5, 0.6) is 0 Å². The number of ether oxygens (including phenoxy) is 1. The molecule has 2 aliphatic heterocycles. The van der Waals surface area contributed by atoms with Gasteiger partial charge in [-0.3, -0.25) is 0 Å². The molecular formula is C10H18N2O3. The maximum atomic E-state index is 11.7. The predicted molar refractivity (Wildman–Crippen MR) is 54.3 cm³/mol. The minimum absolute atomic E-state index is 0.222. The summed E-state index contributed by atoms with van der Waals surface area (Å²) in [5, 5.41) is 1.78. The van der Waals surface area contributed by atoms with Crippen LogP contribution >= 0.6 is 0 Å². The van der Waals surface area contributed by atoms with Crippen molar-refractivity contribution in [1.29, 1.82) is 0 Å². The highest BCUT2D eigenvalue weighted by molar-refractivity contribution is 5.67. The number of hydrogen-bond donors (Lipinski definition) is 0. The third kappa shape index (κ3) is 3.07. The minimum atomic E-state index is -0.222. The van der Waals surface area contributed by atoms with E-state index in [4.69, 9.17) is 9.57 Å². The Morgan fingerprint density at radius 2 is 1.67 bits per heavy atom. The number of morpholine rings is 1. The minimum Gasteiger partial charge on any atom is -0.378 e. The van der Waals surface area contributed by atoms with Gasteiger partial charge in [0.05, 0.1) is 13.2 Å². The molecule has 5 heteroatoms. The Morgan fingerprint density at radius 3 is 2.33 bits per heavy atom. The number of rotatable bonds is 1. The van der Waals surface area contributed by atoms with Crippen molar-refractivity contribution in [2.45, 2.75) is 19.3 Å². The van der Waals surface area contributed by atoms with Gasteiger partial charge in [-0.2, -0.15) is 0 Å². The first kappa shape index (κ1) is 10.7. The third-order valence-electron chi connectivity index (χ3n) is 2.79. The van der Waals surface area contributed by atoms with Gasteiger partial charge < -0.3 is 14.5 Å². The van der Waals surface area contributed by atoms with Crippen molar-refractivity contribution in [3.8, 4) is 0 Å². The normalized spacial score (nSPS) is 23.9. The van der Waals surface area contributed by atoms with Crippen LogP contribution in [0.4, 0.5) is 4.79 Å². The Morgan fingerprint density at radius 1 is 1.00 bits per heavy atom. The van der Waals surface area contributed by atoms with E-state index in [2.05, 4.69) is 0 Å². The van der Waals surface area contributed by atoms with Crippen molar-refractivity contribution < 1.29 is 14.4 Å². The number of hydroxylamine groups is 2. The number of hydrogen-bond acceptors (Lipinski definition) is 4. The fraction of sp³-hybridized carbons (Fsp3) is 0.900. The largest absolute Gasteiger partial charge is 0.429 e. The lowest BCUT2D eigenvalue weighted by atomic mass is 10.2. The van der Waals surface area contributed by atoms with Gasteiger partial charge in [0.1, 0.15) is 0 Å². The molecule has 2 rings (SSSR count). The topological polar surface area (TPSA) is 42.0 Å². The molecular weight excluding hydrogens is 196 g/mol. The highest BCUT2D eigenvalue weighted by Gasteiger charge is 2.22. The number of amides is 1. The molecule has 0 saturated carbocycles. The molecule has 0 aromatic heterocycles. The van der Waals surface area contributed by atoms with E-state index in [1.54, 1.807) is 9.96 Å². The van der Waals surface area contributed by atoms with Gasteiger partial charge in [0, 0.05) is 26.2 Å². The zero-order valence-electron chi connectivity index (χ0n) is 8.98. The third-order valence-corrected chi connectivity index (χ3v) is 2.79. The number of piperidine rings is 1. The summed E-state index contributed by atoms with van der Waals surface area (Å²) in [5.41, 5.74) is 0. The Hall–Kier alpha value is -0.810. The summed E-state index contributed by atoms with van der Waals surface area (Å²) in [6.07, 6.45) is 3.26. The molecule has 5 nitrogen and oxygen atoms in total. The van der Waals surface area contributed by atoms with Crippen molar-refractivity contribution in [3.63, 3.8) is 0 Å². The van der Waals surface area contributed by atoms with Crippen LogP contribution in [-0.2, 0) is 9.57 Å². The molecule has 0 N–H and O–H groups in total. The number of carbonyl (C=O) groups is 1. The van der Waals surface area contributed by atoms with Crippen LogP contribution in [0.25, 0.3) is 0 Å². The second-order valence-corrected chi connectivity index (χ2v) is 3.95. The van der Waals surface area contributed by atoms with Gasteiger partial charge in [-0.15, -0.1) is 5.06 Å². The molecule has 86 valence electrons. The molecule has 0 aromatic carbocycles. The van der Waals surface area contributed by atoms with Gasteiger partial charge in [0.2, 0.25) is 0 Å². The highest BCUT2D eigenvalue weighted by atomic mass is 16.7. The smallest absolute Gasteiger partial charge is 0.378 e. The Kier molecular flexibility index (Phi) is 3.80. The summed E-state index contributed by atoms with van der Waals surface area (Å²) in [6, 6.07) is 0. The van der Waals surface area contributed by atoms with E-state index in [-0.39, 0.29) is 6.09 Å². The maximum Gasteiger partial charge on any atom is 0.429 e. The molecule has 0 aromatic rings. The predicted octanol–water partition coefficient (Wildman–Crippen LogP) is 0.856. The summed E-state index contributed by atoms with van der Waals surface area (Å²) in [7, 11) is 0. The van der Waals surface area contributed by atoms with Crippen LogP contribution in [0.15, 0.2) is 0 Å². The van der Waals surface area contributed by atoms with Crippen molar-refractivity contribution in [1.82, 2.24) is 9.96 Å². The molecule has 0 spiro atoms. The van der Waals surface area contributed by atoms with Crippen LogP contribution in [0.2, 0.25) is 0 Å². The van der Waals surface area contributed by atoms with Gasteiger partial charge in [0.15, 0.2) is 0 Å². The SMILES string of the molecule is O=C(ON1CCCCC1)N1CCOCC1. The van der Waals surface area contributed by atoms with E-state index < -0.39 is 0 Å². The first-order valence-electron chi connectivity index (χ1n) is 5.66. The second-order valence-electron chi connectivity index (χ2n) is 3.95. The standard InChI is InChI=1S/C10H18N2O3/c13-10(11-6-8-14-9-7-11)15-12-4-2-1-3-5-12/h1-9H2. The molecule has 1 amide bonds. The Labute approximate surface area is 89.9 Å². The summed E-state index contributed by atoms with van der Waals surface area (Å²) in [4.78, 5) is 18.7. The molecule has 0 radical (unpaired) electrons. The molecule has 2 heterocycles. The average Bonchev–Trinajstić information content (AvgIpc) is 2.31. The molecule has 15 heavy (non-hydrogen) atoms. The summed E-state index contributed by atoms with van der Waals surface area (Å²) in [6.45, 7) is 4.27. The van der Waals surface area contributed by atoms with E-state index in [0.717, 1.165) is 25.9 Å². The monoisotopic (exact) mass is 214 g/mol. The zero-order chi connectivity index (χ0) is 10.5. The highest BCUT2D eigenvalue weighted by Crippen LogP contribution is 2.10. The van der Waals surface area contributed by atoms with E-state index in [9.17, 15) is 4.79 Å². The first-order valence-corrected chi connectivity index (χ1v) is 5.66. The molecule has 2 aliphatic rings. The fourth-order valence-corrected chi connectivity index (χ4v) is 1.87. The van der Waals surface area contributed by atoms with Crippen LogP contribution in [-0.4, -0.2) is 55.4 Å². The zero-order valence-corrected chi connectivity index (χ0v) is 8.98. The molecule has 2 fully saturated rings.